The quantitative estimate of drug-likeness (QED) is 0.782. The first-order valence-corrected chi connectivity index (χ1v) is 10.9. The monoisotopic (exact) mass is 393 g/mol. The minimum absolute atomic E-state index is 0.129. The van der Waals surface area contributed by atoms with Crippen molar-refractivity contribution in [3.63, 3.8) is 0 Å². The second-order valence-electron chi connectivity index (χ2n) is 8.44. The molecule has 1 aromatic heterocycles. The normalized spacial score (nSPS) is 18.4. The van der Waals surface area contributed by atoms with Crippen LogP contribution in [0, 0.1) is 5.92 Å². The van der Waals surface area contributed by atoms with Crippen LogP contribution in [-0.2, 0) is 0 Å². The summed E-state index contributed by atoms with van der Waals surface area (Å²) in [5.74, 6) is 1.34. The second kappa shape index (κ2) is 9.25. The van der Waals surface area contributed by atoms with Crippen molar-refractivity contribution in [2.45, 2.75) is 57.9 Å². The molecule has 2 fully saturated rings. The molecule has 1 aliphatic heterocycles. The highest BCUT2D eigenvalue weighted by atomic mass is 16.1. The van der Waals surface area contributed by atoms with Crippen molar-refractivity contribution < 1.29 is 4.79 Å². The van der Waals surface area contributed by atoms with Gasteiger partial charge in [0.2, 0.25) is 0 Å². The maximum absolute atomic E-state index is 12.4. The number of anilines is 3. The van der Waals surface area contributed by atoms with Crippen LogP contribution >= 0.6 is 0 Å². The van der Waals surface area contributed by atoms with Gasteiger partial charge in [0.1, 0.15) is 11.5 Å². The number of carbonyl (C=O) groups is 1. The summed E-state index contributed by atoms with van der Waals surface area (Å²) in [5.41, 5.74) is 2.60. The fraction of sp³-hybridized carbons (Fsp3) is 0.522. The zero-order valence-corrected chi connectivity index (χ0v) is 17.2. The van der Waals surface area contributed by atoms with Crippen LogP contribution < -0.4 is 15.5 Å². The van der Waals surface area contributed by atoms with E-state index in [0.717, 1.165) is 37.5 Å². The smallest absolute Gasteiger partial charge is 0.271 e. The van der Waals surface area contributed by atoms with E-state index in [0.29, 0.717) is 11.5 Å². The van der Waals surface area contributed by atoms with Crippen LogP contribution in [0.4, 0.5) is 17.2 Å². The van der Waals surface area contributed by atoms with Gasteiger partial charge in [0.15, 0.2) is 0 Å². The molecular formula is C23H31N5O. The van der Waals surface area contributed by atoms with Gasteiger partial charge in [-0.25, -0.2) is 9.97 Å². The maximum atomic E-state index is 12.4. The summed E-state index contributed by atoms with van der Waals surface area (Å²) in [5, 5.41) is 6.34. The van der Waals surface area contributed by atoms with E-state index in [9.17, 15) is 4.79 Å². The third-order valence-electron chi connectivity index (χ3n) is 6.11. The SMILES string of the molecule is CC1CCN(c2ccc(Nc3cnc(C(=O)NC4CCCCC4)cn3)cc2)CC1. The second-order valence-corrected chi connectivity index (χ2v) is 8.44. The number of rotatable bonds is 5. The fourth-order valence-corrected chi connectivity index (χ4v) is 4.19. The summed E-state index contributed by atoms with van der Waals surface area (Å²) in [6, 6.07) is 8.71. The lowest BCUT2D eigenvalue weighted by molar-refractivity contribution is 0.0922. The van der Waals surface area contributed by atoms with E-state index in [1.807, 2.05) is 0 Å². The molecule has 29 heavy (non-hydrogen) atoms. The number of amides is 1. The summed E-state index contributed by atoms with van der Waals surface area (Å²) in [4.78, 5) is 23.5. The van der Waals surface area contributed by atoms with Gasteiger partial charge in [0, 0.05) is 30.5 Å². The first-order chi connectivity index (χ1) is 14.2. The van der Waals surface area contributed by atoms with Crippen molar-refractivity contribution in [3.05, 3.63) is 42.4 Å². The van der Waals surface area contributed by atoms with Crippen molar-refractivity contribution in [3.8, 4) is 0 Å². The minimum Gasteiger partial charge on any atom is -0.372 e. The molecule has 1 aliphatic carbocycles. The van der Waals surface area contributed by atoms with Crippen molar-refractivity contribution in [2.24, 2.45) is 5.92 Å². The molecule has 1 saturated heterocycles. The summed E-state index contributed by atoms with van der Waals surface area (Å²) < 4.78 is 0. The Morgan fingerprint density at radius 2 is 1.69 bits per heavy atom. The van der Waals surface area contributed by atoms with Gasteiger partial charge in [-0.15, -0.1) is 0 Å². The Morgan fingerprint density at radius 3 is 2.34 bits per heavy atom. The Hall–Kier alpha value is -2.63. The molecule has 0 unspecified atom stereocenters. The lowest BCUT2D eigenvalue weighted by Gasteiger charge is -2.32. The number of hydrogen-bond acceptors (Lipinski definition) is 5. The molecule has 2 heterocycles. The third kappa shape index (κ3) is 5.25. The number of nitrogens with one attached hydrogen (secondary N) is 2. The number of benzene rings is 1. The first-order valence-electron chi connectivity index (χ1n) is 10.9. The molecule has 2 N–H and O–H groups in total. The van der Waals surface area contributed by atoms with Gasteiger partial charge >= 0.3 is 0 Å². The topological polar surface area (TPSA) is 70.2 Å². The van der Waals surface area contributed by atoms with Crippen LogP contribution in [0.25, 0.3) is 0 Å². The van der Waals surface area contributed by atoms with E-state index >= 15 is 0 Å². The van der Waals surface area contributed by atoms with Crippen LogP contribution in [0.15, 0.2) is 36.7 Å². The number of carbonyl (C=O) groups excluding carboxylic acids is 1. The third-order valence-corrected chi connectivity index (χ3v) is 6.11. The molecular weight excluding hydrogens is 362 g/mol. The number of nitrogens with zero attached hydrogens (tertiary/aromatic N) is 3. The molecule has 1 saturated carbocycles. The van der Waals surface area contributed by atoms with Crippen LogP contribution in [0.2, 0.25) is 0 Å². The molecule has 4 rings (SSSR count). The minimum atomic E-state index is -0.129. The van der Waals surface area contributed by atoms with Crippen molar-refractivity contribution in [1.82, 2.24) is 15.3 Å². The Kier molecular flexibility index (Phi) is 6.27. The van der Waals surface area contributed by atoms with Crippen LogP contribution in [0.3, 0.4) is 0 Å². The van der Waals surface area contributed by atoms with E-state index in [-0.39, 0.29) is 11.9 Å². The Balaban J connectivity index is 1.32. The lowest BCUT2D eigenvalue weighted by Crippen LogP contribution is -2.36. The average Bonchev–Trinajstić information content (AvgIpc) is 2.76. The largest absolute Gasteiger partial charge is 0.372 e. The van der Waals surface area contributed by atoms with Crippen LogP contribution in [0.1, 0.15) is 62.4 Å². The summed E-state index contributed by atoms with van der Waals surface area (Å²) in [6.07, 6.45) is 11.5. The van der Waals surface area contributed by atoms with Gasteiger partial charge in [-0.3, -0.25) is 4.79 Å². The zero-order chi connectivity index (χ0) is 20.1. The molecule has 0 atom stereocenters. The van der Waals surface area contributed by atoms with Crippen molar-refractivity contribution >= 4 is 23.1 Å². The zero-order valence-electron chi connectivity index (χ0n) is 17.2. The lowest BCUT2D eigenvalue weighted by atomic mass is 9.95. The van der Waals surface area contributed by atoms with E-state index < -0.39 is 0 Å². The summed E-state index contributed by atoms with van der Waals surface area (Å²) in [6.45, 7) is 4.59. The predicted octanol–water partition coefficient (Wildman–Crippen LogP) is 4.52. The number of piperidine rings is 1. The molecule has 0 spiro atoms. The predicted molar refractivity (Wildman–Crippen MR) is 117 cm³/mol. The van der Waals surface area contributed by atoms with E-state index in [2.05, 4.69) is 56.7 Å². The molecule has 1 amide bonds. The van der Waals surface area contributed by atoms with Gasteiger partial charge in [0.25, 0.3) is 5.91 Å². The van der Waals surface area contributed by atoms with Gasteiger partial charge in [-0.05, 0) is 55.9 Å². The number of aromatic nitrogens is 2. The highest BCUT2D eigenvalue weighted by Gasteiger charge is 2.18. The van der Waals surface area contributed by atoms with Crippen molar-refractivity contribution in [2.75, 3.05) is 23.3 Å². The molecule has 2 aliphatic rings. The molecule has 6 nitrogen and oxygen atoms in total. The van der Waals surface area contributed by atoms with Gasteiger partial charge < -0.3 is 15.5 Å². The first kappa shape index (κ1) is 19.7. The Bertz CT molecular complexity index is 791. The molecule has 1 aromatic carbocycles. The highest BCUT2D eigenvalue weighted by molar-refractivity contribution is 5.92. The maximum Gasteiger partial charge on any atom is 0.271 e. The molecule has 6 heteroatoms. The Labute approximate surface area is 173 Å². The molecule has 2 aromatic rings. The molecule has 0 radical (unpaired) electrons. The van der Waals surface area contributed by atoms with E-state index in [1.165, 1.54) is 37.8 Å². The van der Waals surface area contributed by atoms with E-state index in [4.69, 9.17) is 0 Å². The van der Waals surface area contributed by atoms with Crippen LogP contribution in [0.5, 0.6) is 0 Å². The van der Waals surface area contributed by atoms with Crippen LogP contribution in [-0.4, -0.2) is 35.0 Å². The Morgan fingerprint density at radius 1 is 0.966 bits per heavy atom. The van der Waals surface area contributed by atoms with E-state index in [1.54, 1.807) is 12.4 Å². The molecule has 154 valence electrons. The fourth-order valence-electron chi connectivity index (χ4n) is 4.19. The standard InChI is InChI=1S/C23H31N5O/c1-17-11-13-28(14-12-17)20-9-7-19(8-10-20)26-22-16-24-21(15-25-22)23(29)27-18-5-3-2-4-6-18/h7-10,15-18H,2-6,11-14H2,1H3,(H,25,26)(H,27,29). The van der Waals surface area contributed by atoms with Gasteiger partial charge in [-0.1, -0.05) is 26.2 Å². The summed E-state index contributed by atoms with van der Waals surface area (Å²) >= 11 is 0. The van der Waals surface area contributed by atoms with Gasteiger partial charge in [-0.2, -0.15) is 0 Å². The molecule has 0 bridgehead atoms. The van der Waals surface area contributed by atoms with Crippen molar-refractivity contribution in [1.29, 1.82) is 0 Å². The average molecular weight is 394 g/mol. The summed E-state index contributed by atoms with van der Waals surface area (Å²) in [7, 11) is 0. The van der Waals surface area contributed by atoms with Gasteiger partial charge in [0.05, 0.1) is 12.4 Å². The highest BCUT2D eigenvalue weighted by Crippen LogP contribution is 2.25. The number of hydrogen-bond donors (Lipinski definition) is 2.